The van der Waals surface area contributed by atoms with Gasteiger partial charge >= 0.3 is 22.4 Å². The molecule has 0 radical (unpaired) electrons. The van der Waals surface area contributed by atoms with Crippen LogP contribution < -0.4 is 0 Å². The Morgan fingerprint density at radius 1 is 0.636 bits per heavy atom. The fraction of sp³-hybridized carbons (Fsp3) is 0. The molecule has 5 nitrogen and oxygen atoms in total. The van der Waals surface area contributed by atoms with E-state index >= 15 is 0 Å². The quantitative estimate of drug-likeness (QED) is 0.374. The molecule has 0 saturated carbocycles. The number of rotatable bonds is 4. The van der Waals surface area contributed by atoms with Gasteiger partial charge in [-0.3, -0.25) is 0 Å². The summed E-state index contributed by atoms with van der Waals surface area (Å²) < 4.78 is 53.0. The van der Waals surface area contributed by atoms with Crippen molar-refractivity contribution >= 4 is 65.2 Å². The molecule has 0 aliphatic heterocycles. The van der Waals surface area contributed by atoms with Crippen molar-refractivity contribution in [3.63, 3.8) is 0 Å². The van der Waals surface area contributed by atoms with Crippen LogP contribution in [0.1, 0.15) is 0 Å². The molecule has 2 rings (SSSR count). The second-order valence-electron chi connectivity index (χ2n) is 3.93. The number of hydrogen-bond donors (Lipinski definition) is 0. The minimum absolute atomic E-state index is 0. The topological polar surface area (TPSA) is 82.4 Å². The normalized spacial score (nSPS) is 11.7. The van der Waals surface area contributed by atoms with Crippen molar-refractivity contribution in [3.05, 3.63) is 59.8 Å². The van der Waals surface area contributed by atoms with Crippen LogP contribution in [0, 0.1) is 7.14 Å². The molecular formula is C12H8AgI2NO4S2. The van der Waals surface area contributed by atoms with Crippen molar-refractivity contribution < 1.29 is 39.2 Å². The number of halogens is 2. The zero-order valence-corrected chi connectivity index (χ0v) is 18.0. The Bertz CT molecular complexity index is 778. The molecule has 0 N–H and O–H groups in total. The fourth-order valence-corrected chi connectivity index (χ4v) is 4.83. The van der Waals surface area contributed by atoms with E-state index in [4.69, 9.17) is 0 Å². The summed E-state index contributed by atoms with van der Waals surface area (Å²) in [6.45, 7) is 0. The van der Waals surface area contributed by atoms with Crippen LogP contribution in [0.5, 0.6) is 0 Å². The number of benzene rings is 2. The Hall–Kier alpha value is 0.500. The summed E-state index contributed by atoms with van der Waals surface area (Å²) in [4.78, 5) is -0.311. The first-order valence-electron chi connectivity index (χ1n) is 5.46. The molecule has 0 amide bonds. The Balaban J connectivity index is 0.00000242. The molecule has 0 aliphatic rings. The molecule has 0 atom stereocenters. The van der Waals surface area contributed by atoms with Crippen LogP contribution in [0.2, 0.25) is 0 Å². The molecule has 22 heavy (non-hydrogen) atoms. The zero-order valence-electron chi connectivity index (χ0n) is 10.6. The van der Waals surface area contributed by atoms with Crippen LogP contribution in [0.15, 0.2) is 58.3 Å². The average Bonchev–Trinajstić information content (AvgIpc) is 2.38. The fourth-order valence-electron chi connectivity index (χ4n) is 1.43. The van der Waals surface area contributed by atoms with Crippen molar-refractivity contribution in [2.24, 2.45) is 0 Å². The molecule has 0 fully saturated rings. The molecule has 0 unspecified atom stereocenters. The third-order valence-electron chi connectivity index (χ3n) is 2.42. The van der Waals surface area contributed by atoms with Crippen LogP contribution >= 0.6 is 45.2 Å². The summed E-state index contributed by atoms with van der Waals surface area (Å²) in [6.07, 6.45) is 0. The van der Waals surface area contributed by atoms with Gasteiger partial charge in [0.1, 0.15) is 20.0 Å². The molecule has 0 saturated heterocycles. The van der Waals surface area contributed by atoms with Crippen molar-refractivity contribution in [2.75, 3.05) is 0 Å². The minimum Gasteiger partial charge on any atom is -0.428 e. The third kappa shape index (κ3) is 5.26. The molecule has 122 valence electrons. The van der Waals surface area contributed by atoms with Crippen molar-refractivity contribution in [3.8, 4) is 0 Å². The van der Waals surface area contributed by atoms with Gasteiger partial charge in [-0.15, -0.1) is 0 Å². The second kappa shape index (κ2) is 8.05. The van der Waals surface area contributed by atoms with Crippen LogP contribution in [-0.4, -0.2) is 16.8 Å². The maximum absolute atomic E-state index is 12.0. The van der Waals surface area contributed by atoms with Gasteiger partial charge in [-0.25, -0.2) is 16.8 Å². The summed E-state index contributed by atoms with van der Waals surface area (Å²) in [5.74, 6) is 0. The van der Waals surface area contributed by atoms with Crippen LogP contribution in [0.3, 0.4) is 0 Å². The van der Waals surface area contributed by atoms with Gasteiger partial charge < -0.3 is 4.13 Å². The Kier molecular flexibility index (Phi) is 7.52. The Labute approximate surface area is 172 Å². The molecule has 0 heterocycles. The van der Waals surface area contributed by atoms with E-state index in [1.807, 2.05) is 45.2 Å². The average molecular weight is 656 g/mol. The summed E-state index contributed by atoms with van der Waals surface area (Å²) in [5.41, 5.74) is 0. The van der Waals surface area contributed by atoms with Gasteiger partial charge in [-0.2, -0.15) is 0 Å². The standard InChI is InChI=1S/C12H8I2NO4S2.Ag/c13-9-1-5-11(6-2-9)20(16,17)15-21(18,19)12-7-3-10(14)4-8-12;/h1-8H;/q-1;+1. The van der Waals surface area contributed by atoms with Gasteiger partial charge in [-0.1, -0.05) is 0 Å². The molecule has 0 aliphatic carbocycles. The Morgan fingerprint density at radius 3 is 1.18 bits per heavy atom. The monoisotopic (exact) mass is 655 g/mol. The first-order valence-corrected chi connectivity index (χ1v) is 10.5. The number of hydrogen-bond acceptors (Lipinski definition) is 4. The maximum atomic E-state index is 12.0. The first-order chi connectivity index (χ1) is 9.71. The van der Waals surface area contributed by atoms with E-state index in [0.717, 1.165) is 7.14 Å². The predicted molar refractivity (Wildman–Crippen MR) is 96.0 cm³/mol. The van der Waals surface area contributed by atoms with Gasteiger partial charge in [0.2, 0.25) is 0 Å². The van der Waals surface area contributed by atoms with E-state index in [1.54, 1.807) is 24.3 Å². The maximum Gasteiger partial charge on any atom is 1.00 e. The minimum atomic E-state index is -4.26. The summed E-state index contributed by atoms with van der Waals surface area (Å²) >= 11 is 4.04. The SMILES string of the molecule is O=S(=O)([N-]S(=O)(=O)c1ccc(I)cc1)c1ccc(I)cc1.[Ag+]. The molecule has 0 bridgehead atoms. The smallest absolute Gasteiger partial charge is 0.428 e. The van der Waals surface area contributed by atoms with E-state index in [1.165, 1.54) is 24.3 Å². The second-order valence-corrected chi connectivity index (χ2v) is 9.86. The van der Waals surface area contributed by atoms with Gasteiger partial charge in [0.05, 0.1) is 0 Å². The molecule has 2 aromatic carbocycles. The van der Waals surface area contributed by atoms with E-state index < -0.39 is 20.0 Å². The molecule has 2 aromatic rings. The number of sulfonamides is 2. The van der Waals surface area contributed by atoms with Gasteiger partial charge in [0, 0.05) is 16.9 Å². The van der Waals surface area contributed by atoms with Gasteiger partial charge in [-0.05, 0) is 93.7 Å². The van der Waals surface area contributed by atoms with E-state index in [2.05, 4.69) is 4.13 Å². The Morgan fingerprint density at radius 2 is 0.909 bits per heavy atom. The molecule has 0 aromatic heterocycles. The predicted octanol–water partition coefficient (Wildman–Crippen LogP) is 3.34. The van der Waals surface area contributed by atoms with E-state index in [9.17, 15) is 16.8 Å². The van der Waals surface area contributed by atoms with Crippen molar-refractivity contribution in [1.29, 1.82) is 0 Å². The van der Waals surface area contributed by atoms with Crippen molar-refractivity contribution in [1.82, 2.24) is 0 Å². The van der Waals surface area contributed by atoms with Crippen LogP contribution in [0.4, 0.5) is 0 Å². The van der Waals surface area contributed by atoms with Crippen LogP contribution in [-0.2, 0) is 42.4 Å². The summed E-state index contributed by atoms with van der Waals surface area (Å²) in [6, 6.07) is 11.6. The number of nitrogens with zero attached hydrogens (tertiary/aromatic N) is 1. The summed E-state index contributed by atoms with van der Waals surface area (Å²) in [5, 5.41) is 0. The largest absolute Gasteiger partial charge is 1.00 e. The van der Waals surface area contributed by atoms with Crippen molar-refractivity contribution in [2.45, 2.75) is 9.79 Å². The zero-order chi connectivity index (χ0) is 15.7. The molecular weight excluding hydrogens is 648 g/mol. The summed E-state index contributed by atoms with van der Waals surface area (Å²) in [7, 11) is -8.52. The first kappa shape index (κ1) is 20.5. The van der Waals surface area contributed by atoms with E-state index in [-0.39, 0.29) is 32.2 Å². The van der Waals surface area contributed by atoms with E-state index in [0.29, 0.717) is 0 Å². The third-order valence-corrected chi connectivity index (χ3v) is 7.16. The molecule has 10 heteroatoms. The van der Waals surface area contributed by atoms with Gasteiger partial charge in [0.25, 0.3) is 0 Å². The molecule has 0 spiro atoms. The van der Waals surface area contributed by atoms with Crippen LogP contribution in [0.25, 0.3) is 4.13 Å². The van der Waals surface area contributed by atoms with Gasteiger partial charge in [0.15, 0.2) is 0 Å².